The average Bonchev–Trinajstić information content (AvgIpc) is 3.10. The van der Waals surface area contributed by atoms with Crippen LogP contribution in [0.15, 0.2) is 5.16 Å². The summed E-state index contributed by atoms with van der Waals surface area (Å²) in [6.07, 6.45) is 4.61. The summed E-state index contributed by atoms with van der Waals surface area (Å²) in [7, 11) is 3.39. The molecule has 1 unspecified atom stereocenters. The van der Waals surface area contributed by atoms with Crippen LogP contribution in [0.2, 0.25) is 0 Å². The van der Waals surface area contributed by atoms with Gasteiger partial charge in [-0.05, 0) is 32.6 Å². The number of thioether (sulfide) groups is 1. The van der Waals surface area contributed by atoms with Crippen LogP contribution in [0.1, 0.15) is 52.8 Å². The molecule has 1 atom stereocenters. The Labute approximate surface area is 183 Å². The van der Waals surface area contributed by atoms with E-state index in [4.69, 9.17) is 4.74 Å². The van der Waals surface area contributed by atoms with Crippen LogP contribution in [0.5, 0.6) is 0 Å². The number of aromatic nitrogens is 4. The molecule has 0 bridgehead atoms. The average molecular weight is 451 g/mol. The van der Waals surface area contributed by atoms with Crippen molar-refractivity contribution in [2.45, 2.75) is 56.3 Å². The molecule has 2 fully saturated rings. The molecule has 162 valence electrons. The third-order valence-corrected chi connectivity index (χ3v) is 7.10. The van der Waals surface area contributed by atoms with E-state index in [-0.39, 0.29) is 23.7 Å². The molecule has 9 nitrogen and oxygen atoms in total. The molecule has 2 aromatic rings. The monoisotopic (exact) mass is 450 g/mol. The fraction of sp³-hybridized carbons (Fsp3) is 0.632. The van der Waals surface area contributed by atoms with Crippen LogP contribution in [0.25, 0.3) is 0 Å². The molecular formula is C19H26N6O3S2. The SMILES string of the molecule is Cc1nc(NC(=O)CSc2nnc(C3CC3)n2CC2CCCO2)sc1C(=O)N(C)C. The van der Waals surface area contributed by atoms with Gasteiger partial charge in [-0.15, -0.1) is 10.2 Å². The minimum Gasteiger partial charge on any atom is -0.376 e. The van der Waals surface area contributed by atoms with E-state index < -0.39 is 0 Å². The largest absolute Gasteiger partial charge is 0.376 e. The van der Waals surface area contributed by atoms with E-state index in [9.17, 15) is 9.59 Å². The maximum absolute atomic E-state index is 12.5. The summed E-state index contributed by atoms with van der Waals surface area (Å²) >= 11 is 2.56. The molecule has 1 saturated heterocycles. The number of anilines is 1. The molecule has 1 aliphatic heterocycles. The molecule has 30 heavy (non-hydrogen) atoms. The summed E-state index contributed by atoms with van der Waals surface area (Å²) in [5, 5.41) is 12.7. The highest BCUT2D eigenvalue weighted by Gasteiger charge is 2.32. The summed E-state index contributed by atoms with van der Waals surface area (Å²) in [4.78, 5) is 31.0. The van der Waals surface area contributed by atoms with Crippen LogP contribution in [-0.2, 0) is 16.1 Å². The molecule has 0 radical (unpaired) electrons. The van der Waals surface area contributed by atoms with Crippen LogP contribution in [-0.4, -0.2) is 69.0 Å². The number of aryl methyl sites for hydroxylation is 1. The van der Waals surface area contributed by atoms with E-state index in [1.807, 2.05) is 0 Å². The lowest BCUT2D eigenvalue weighted by molar-refractivity contribution is -0.113. The molecule has 3 heterocycles. The lowest BCUT2D eigenvalue weighted by Crippen LogP contribution is -2.21. The van der Waals surface area contributed by atoms with E-state index in [1.165, 1.54) is 28.0 Å². The number of carbonyl (C=O) groups excluding carboxylic acids is 2. The van der Waals surface area contributed by atoms with Gasteiger partial charge in [0.2, 0.25) is 5.91 Å². The number of nitrogens with one attached hydrogen (secondary N) is 1. The molecule has 1 N–H and O–H groups in total. The second-order valence-electron chi connectivity index (χ2n) is 7.83. The Morgan fingerprint density at radius 1 is 1.30 bits per heavy atom. The summed E-state index contributed by atoms with van der Waals surface area (Å²) in [6.45, 7) is 3.32. The summed E-state index contributed by atoms with van der Waals surface area (Å²) in [6, 6.07) is 0. The number of thiazole rings is 1. The summed E-state index contributed by atoms with van der Waals surface area (Å²) in [5.41, 5.74) is 0.618. The lowest BCUT2D eigenvalue weighted by atomic mass is 10.2. The summed E-state index contributed by atoms with van der Waals surface area (Å²) in [5.74, 6) is 1.39. The smallest absolute Gasteiger partial charge is 0.265 e. The zero-order valence-corrected chi connectivity index (χ0v) is 19.0. The van der Waals surface area contributed by atoms with E-state index in [2.05, 4.69) is 25.1 Å². The van der Waals surface area contributed by atoms with Gasteiger partial charge in [0, 0.05) is 26.6 Å². The van der Waals surface area contributed by atoms with Crippen LogP contribution in [0.4, 0.5) is 5.13 Å². The Morgan fingerprint density at radius 2 is 2.10 bits per heavy atom. The number of ether oxygens (including phenoxy) is 1. The van der Waals surface area contributed by atoms with Gasteiger partial charge in [0.05, 0.1) is 24.1 Å². The Balaban J connectivity index is 1.38. The third kappa shape index (κ3) is 4.84. The van der Waals surface area contributed by atoms with Gasteiger partial charge in [0.25, 0.3) is 5.91 Å². The second kappa shape index (κ2) is 9.03. The van der Waals surface area contributed by atoms with E-state index >= 15 is 0 Å². The van der Waals surface area contributed by atoms with Gasteiger partial charge in [-0.1, -0.05) is 23.1 Å². The van der Waals surface area contributed by atoms with Crippen molar-refractivity contribution in [2.24, 2.45) is 0 Å². The van der Waals surface area contributed by atoms with Crippen LogP contribution in [0.3, 0.4) is 0 Å². The van der Waals surface area contributed by atoms with Crippen LogP contribution in [0, 0.1) is 6.92 Å². The normalized spacial score (nSPS) is 18.6. The third-order valence-electron chi connectivity index (χ3n) is 5.07. The van der Waals surface area contributed by atoms with Crippen molar-refractivity contribution in [3.63, 3.8) is 0 Å². The minimum atomic E-state index is -0.183. The van der Waals surface area contributed by atoms with Gasteiger partial charge in [-0.3, -0.25) is 9.59 Å². The van der Waals surface area contributed by atoms with Crippen molar-refractivity contribution in [2.75, 3.05) is 31.8 Å². The molecule has 0 aromatic carbocycles. The predicted molar refractivity (Wildman–Crippen MR) is 115 cm³/mol. The molecule has 2 aliphatic rings. The van der Waals surface area contributed by atoms with Crippen molar-refractivity contribution in [1.29, 1.82) is 0 Å². The van der Waals surface area contributed by atoms with Crippen LogP contribution < -0.4 is 5.32 Å². The summed E-state index contributed by atoms with van der Waals surface area (Å²) < 4.78 is 7.92. The van der Waals surface area contributed by atoms with Gasteiger partial charge < -0.3 is 19.5 Å². The topological polar surface area (TPSA) is 102 Å². The zero-order valence-electron chi connectivity index (χ0n) is 17.4. The first-order valence-corrected chi connectivity index (χ1v) is 11.9. The van der Waals surface area contributed by atoms with Gasteiger partial charge in [-0.25, -0.2) is 4.98 Å². The van der Waals surface area contributed by atoms with Gasteiger partial charge >= 0.3 is 0 Å². The molecule has 2 aromatic heterocycles. The van der Waals surface area contributed by atoms with Gasteiger partial charge in [0.15, 0.2) is 10.3 Å². The zero-order chi connectivity index (χ0) is 21.3. The van der Waals surface area contributed by atoms with E-state index in [0.717, 1.165) is 49.8 Å². The number of carbonyl (C=O) groups is 2. The van der Waals surface area contributed by atoms with E-state index in [0.29, 0.717) is 21.6 Å². The first-order valence-electron chi connectivity index (χ1n) is 10.1. The number of nitrogens with zero attached hydrogens (tertiary/aromatic N) is 5. The lowest BCUT2D eigenvalue weighted by Gasteiger charge is -2.14. The maximum atomic E-state index is 12.5. The molecule has 2 amide bonds. The van der Waals surface area contributed by atoms with Crippen molar-refractivity contribution >= 4 is 40.0 Å². The Hall–Kier alpha value is -1.98. The highest BCUT2D eigenvalue weighted by Crippen LogP contribution is 2.40. The number of amides is 2. The molecular weight excluding hydrogens is 424 g/mol. The molecule has 0 spiro atoms. The van der Waals surface area contributed by atoms with Crippen molar-refractivity contribution in [3.05, 3.63) is 16.4 Å². The molecule has 1 saturated carbocycles. The van der Waals surface area contributed by atoms with Gasteiger partial charge in [-0.2, -0.15) is 0 Å². The molecule has 1 aliphatic carbocycles. The fourth-order valence-corrected chi connectivity index (χ4v) is 5.11. The maximum Gasteiger partial charge on any atom is 0.265 e. The minimum absolute atomic E-state index is 0.116. The highest BCUT2D eigenvalue weighted by atomic mass is 32.2. The highest BCUT2D eigenvalue weighted by molar-refractivity contribution is 7.99. The van der Waals surface area contributed by atoms with Crippen molar-refractivity contribution < 1.29 is 14.3 Å². The van der Waals surface area contributed by atoms with Crippen molar-refractivity contribution in [3.8, 4) is 0 Å². The van der Waals surface area contributed by atoms with Crippen molar-refractivity contribution in [1.82, 2.24) is 24.6 Å². The predicted octanol–water partition coefficient (Wildman–Crippen LogP) is 2.53. The quantitative estimate of drug-likeness (QED) is 0.617. The standard InChI is InChI=1S/C19H26N6O3S2/c1-11-15(17(27)24(2)3)30-18(20-11)21-14(26)10-29-19-23-22-16(12-6-7-12)25(19)9-13-5-4-8-28-13/h12-13H,4-10H2,1-3H3,(H,20,21,26). The fourth-order valence-electron chi connectivity index (χ4n) is 3.35. The van der Waals surface area contributed by atoms with Crippen LogP contribution >= 0.6 is 23.1 Å². The Kier molecular flexibility index (Phi) is 6.40. The second-order valence-corrected chi connectivity index (χ2v) is 9.77. The molecule has 11 heteroatoms. The first-order chi connectivity index (χ1) is 14.4. The number of hydrogen-bond donors (Lipinski definition) is 1. The first kappa shape index (κ1) is 21.3. The number of rotatable bonds is 8. The number of hydrogen-bond acceptors (Lipinski definition) is 8. The molecule has 4 rings (SSSR count). The van der Waals surface area contributed by atoms with Gasteiger partial charge in [0.1, 0.15) is 10.7 Å². The Bertz CT molecular complexity index is 931. The Morgan fingerprint density at radius 3 is 2.77 bits per heavy atom. The van der Waals surface area contributed by atoms with E-state index in [1.54, 1.807) is 21.0 Å².